The molecule has 1 heterocycles. The van der Waals surface area contributed by atoms with Crippen molar-refractivity contribution >= 4 is 5.97 Å². The number of ether oxygens (including phenoxy) is 3. The summed E-state index contributed by atoms with van der Waals surface area (Å²) in [6.45, 7) is 4.51. The highest BCUT2D eigenvalue weighted by Crippen LogP contribution is 2.21. The number of hydrogen-bond acceptors (Lipinski definition) is 7. The third-order valence-corrected chi connectivity index (χ3v) is 2.45. The molecule has 3 N–H and O–H groups in total. The van der Waals surface area contributed by atoms with Crippen LogP contribution in [0.5, 0.6) is 0 Å². The molecule has 0 aliphatic carbocycles. The molecule has 1 rings (SSSR count). The van der Waals surface area contributed by atoms with Gasteiger partial charge in [0.1, 0.15) is 24.9 Å². The molecule has 1 unspecified atom stereocenters. The molecule has 4 atom stereocenters. The lowest BCUT2D eigenvalue weighted by Gasteiger charge is -2.15. The first-order chi connectivity index (χ1) is 8.47. The van der Waals surface area contributed by atoms with Crippen molar-refractivity contribution in [2.24, 2.45) is 0 Å². The lowest BCUT2D eigenvalue weighted by molar-refractivity contribution is -0.177. The van der Waals surface area contributed by atoms with Gasteiger partial charge in [-0.25, -0.2) is 4.79 Å². The SMILES string of the molecule is C=C(C)C(=O)OCCOC1O[C@H](CO)[C@@H](O)[C@H]1O. The van der Waals surface area contributed by atoms with E-state index in [2.05, 4.69) is 6.58 Å². The summed E-state index contributed by atoms with van der Waals surface area (Å²) < 4.78 is 14.9. The summed E-state index contributed by atoms with van der Waals surface area (Å²) in [5, 5.41) is 27.8. The van der Waals surface area contributed by atoms with Gasteiger partial charge in [-0.2, -0.15) is 0 Å². The van der Waals surface area contributed by atoms with Gasteiger partial charge in [0.2, 0.25) is 0 Å². The maximum atomic E-state index is 11.0. The van der Waals surface area contributed by atoms with Gasteiger partial charge >= 0.3 is 5.97 Å². The molecule has 1 saturated heterocycles. The van der Waals surface area contributed by atoms with E-state index in [4.69, 9.17) is 19.3 Å². The van der Waals surface area contributed by atoms with Crippen LogP contribution in [0, 0.1) is 0 Å². The molecule has 18 heavy (non-hydrogen) atoms. The normalized spacial score (nSPS) is 31.3. The highest BCUT2D eigenvalue weighted by molar-refractivity contribution is 5.86. The minimum absolute atomic E-state index is 0.00557. The Morgan fingerprint density at radius 1 is 1.33 bits per heavy atom. The summed E-state index contributed by atoms with van der Waals surface area (Å²) in [6, 6.07) is 0. The van der Waals surface area contributed by atoms with E-state index in [1.165, 1.54) is 6.92 Å². The molecule has 0 amide bonds. The predicted octanol–water partition coefficient (Wildman–Crippen LogP) is -1.44. The fraction of sp³-hybridized carbons (Fsp3) is 0.727. The number of carbonyl (C=O) groups excluding carboxylic acids is 1. The zero-order valence-corrected chi connectivity index (χ0v) is 10.1. The Morgan fingerprint density at radius 2 is 2.00 bits per heavy atom. The van der Waals surface area contributed by atoms with E-state index in [0.29, 0.717) is 0 Å². The van der Waals surface area contributed by atoms with Crippen LogP contribution in [-0.2, 0) is 19.0 Å². The van der Waals surface area contributed by atoms with Crippen LogP contribution < -0.4 is 0 Å². The number of carbonyl (C=O) groups is 1. The van der Waals surface area contributed by atoms with Gasteiger partial charge in [-0.1, -0.05) is 6.58 Å². The van der Waals surface area contributed by atoms with Gasteiger partial charge in [0.15, 0.2) is 6.29 Å². The number of aliphatic hydroxyl groups is 3. The van der Waals surface area contributed by atoms with Crippen LogP contribution in [0.15, 0.2) is 12.2 Å². The molecule has 0 aromatic carbocycles. The minimum Gasteiger partial charge on any atom is -0.460 e. The van der Waals surface area contributed by atoms with Crippen molar-refractivity contribution in [3.63, 3.8) is 0 Å². The molecule has 0 spiro atoms. The number of hydrogen-bond donors (Lipinski definition) is 3. The minimum atomic E-state index is -1.24. The van der Waals surface area contributed by atoms with Gasteiger partial charge in [0.25, 0.3) is 0 Å². The largest absolute Gasteiger partial charge is 0.460 e. The molecule has 0 aromatic heterocycles. The summed E-state index contributed by atoms with van der Waals surface area (Å²) in [7, 11) is 0. The maximum Gasteiger partial charge on any atom is 0.333 e. The Bertz CT molecular complexity index is 304. The quantitative estimate of drug-likeness (QED) is 0.306. The zero-order valence-electron chi connectivity index (χ0n) is 10.1. The molecule has 1 aliphatic heterocycles. The first kappa shape index (κ1) is 15.1. The van der Waals surface area contributed by atoms with Crippen molar-refractivity contribution in [1.82, 2.24) is 0 Å². The summed E-state index contributed by atoms with van der Waals surface area (Å²) in [6.07, 6.45) is -4.35. The van der Waals surface area contributed by atoms with Crippen LogP contribution in [0.3, 0.4) is 0 Å². The number of aliphatic hydroxyl groups excluding tert-OH is 3. The van der Waals surface area contributed by atoms with E-state index in [9.17, 15) is 15.0 Å². The Balaban J connectivity index is 2.24. The van der Waals surface area contributed by atoms with E-state index in [-0.39, 0.29) is 18.8 Å². The Hall–Kier alpha value is -0.990. The van der Waals surface area contributed by atoms with E-state index < -0.39 is 37.2 Å². The summed E-state index contributed by atoms with van der Waals surface area (Å²) in [4.78, 5) is 11.0. The second-order valence-corrected chi connectivity index (χ2v) is 3.99. The van der Waals surface area contributed by atoms with Crippen molar-refractivity contribution in [2.75, 3.05) is 19.8 Å². The van der Waals surface area contributed by atoms with Gasteiger partial charge in [-0.15, -0.1) is 0 Å². The molecule has 104 valence electrons. The molecule has 1 fully saturated rings. The lowest BCUT2D eigenvalue weighted by atomic mass is 10.1. The monoisotopic (exact) mass is 262 g/mol. The first-order valence-electron chi connectivity index (χ1n) is 5.54. The Kier molecular flexibility index (Phi) is 5.70. The van der Waals surface area contributed by atoms with E-state index in [0.717, 1.165) is 0 Å². The van der Waals surface area contributed by atoms with E-state index >= 15 is 0 Å². The van der Waals surface area contributed by atoms with Gasteiger partial charge < -0.3 is 29.5 Å². The molecule has 0 radical (unpaired) electrons. The average molecular weight is 262 g/mol. The van der Waals surface area contributed by atoms with Gasteiger partial charge in [-0.3, -0.25) is 0 Å². The lowest BCUT2D eigenvalue weighted by Crippen LogP contribution is -2.35. The second-order valence-electron chi connectivity index (χ2n) is 3.99. The molecular formula is C11H18O7. The van der Waals surface area contributed by atoms with Crippen LogP contribution >= 0.6 is 0 Å². The molecule has 7 heteroatoms. The zero-order chi connectivity index (χ0) is 13.7. The van der Waals surface area contributed by atoms with Crippen LogP contribution in [-0.4, -0.2) is 65.7 Å². The summed E-state index contributed by atoms with van der Waals surface area (Å²) >= 11 is 0. The standard InChI is InChI=1S/C11H18O7/c1-6(2)10(15)16-3-4-17-11-9(14)8(13)7(5-12)18-11/h7-9,11-14H,1,3-5H2,2H3/t7-,8-,9-,11?/m1/s1. The second kappa shape index (κ2) is 6.81. The van der Waals surface area contributed by atoms with Crippen molar-refractivity contribution in [3.8, 4) is 0 Å². The molecule has 7 nitrogen and oxygen atoms in total. The van der Waals surface area contributed by atoms with Crippen LogP contribution in [0.2, 0.25) is 0 Å². The highest BCUT2D eigenvalue weighted by atomic mass is 16.7. The summed E-state index contributed by atoms with van der Waals surface area (Å²) in [5.74, 6) is -0.528. The van der Waals surface area contributed by atoms with Crippen molar-refractivity contribution < 1.29 is 34.3 Å². The fourth-order valence-electron chi connectivity index (χ4n) is 1.42. The molecular weight excluding hydrogens is 244 g/mol. The molecule has 0 bridgehead atoms. The highest BCUT2D eigenvalue weighted by Gasteiger charge is 2.42. The molecule has 1 aliphatic rings. The average Bonchev–Trinajstić information content (AvgIpc) is 2.61. The van der Waals surface area contributed by atoms with Crippen LogP contribution in [0.1, 0.15) is 6.92 Å². The topological polar surface area (TPSA) is 105 Å². The van der Waals surface area contributed by atoms with Gasteiger partial charge in [0, 0.05) is 5.57 Å². The smallest absolute Gasteiger partial charge is 0.333 e. The third kappa shape index (κ3) is 3.76. The fourth-order valence-corrected chi connectivity index (χ4v) is 1.42. The maximum absolute atomic E-state index is 11.0. The molecule has 0 aromatic rings. The number of esters is 1. The van der Waals surface area contributed by atoms with Crippen molar-refractivity contribution in [1.29, 1.82) is 0 Å². The van der Waals surface area contributed by atoms with E-state index in [1.54, 1.807) is 0 Å². The van der Waals surface area contributed by atoms with Gasteiger partial charge in [0.05, 0.1) is 13.2 Å². The van der Waals surface area contributed by atoms with Crippen molar-refractivity contribution in [2.45, 2.75) is 31.5 Å². The Morgan fingerprint density at radius 3 is 2.50 bits per heavy atom. The van der Waals surface area contributed by atoms with Crippen LogP contribution in [0.25, 0.3) is 0 Å². The first-order valence-corrected chi connectivity index (χ1v) is 5.54. The van der Waals surface area contributed by atoms with Gasteiger partial charge in [-0.05, 0) is 6.92 Å². The summed E-state index contributed by atoms with van der Waals surface area (Å²) in [5.41, 5.74) is 0.280. The predicted molar refractivity (Wildman–Crippen MR) is 59.5 cm³/mol. The third-order valence-electron chi connectivity index (χ3n) is 2.45. The molecule has 0 saturated carbocycles. The number of rotatable bonds is 6. The Labute approximate surface area is 105 Å². The van der Waals surface area contributed by atoms with E-state index in [1.807, 2.05) is 0 Å². The van der Waals surface area contributed by atoms with Crippen LogP contribution in [0.4, 0.5) is 0 Å². The van der Waals surface area contributed by atoms with Crippen molar-refractivity contribution in [3.05, 3.63) is 12.2 Å².